The number of aryl methyl sites for hydroxylation is 1. The summed E-state index contributed by atoms with van der Waals surface area (Å²) in [7, 11) is 0. The van der Waals surface area contributed by atoms with E-state index in [-0.39, 0.29) is 0 Å². The second kappa shape index (κ2) is 2.53. The van der Waals surface area contributed by atoms with Crippen molar-refractivity contribution in [3.63, 3.8) is 0 Å². The SMILES string of the molecule is Cc1cc(C#N)cc2c1CCO2. The monoisotopic (exact) mass is 159 g/mol. The van der Waals surface area contributed by atoms with Crippen LogP contribution >= 0.6 is 0 Å². The minimum atomic E-state index is 0.688. The average Bonchev–Trinajstić information content (AvgIpc) is 2.52. The van der Waals surface area contributed by atoms with Gasteiger partial charge >= 0.3 is 0 Å². The molecule has 2 rings (SSSR count). The van der Waals surface area contributed by atoms with Gasteiger partial charge in [0.25, 0.3) is 0 Å². The quantitative estimate of drug-likeness (QED) is 0.578. The van der Waals surface area contributed by atoms with Crippen molar-refractivity contribution >= 4 is 0 Å². The largest absolute Gasteiger partial charge is 0.493 e. The highest BCUT2D eigenvalue weighted by Gasteiger charge is 2.14. The molecule has 0 bridgehead atoms. The molecule has 0 N–H and O–H groups in total. The third-order valence-electron chi connectivity index (χ3n) is 2.17. The maximum Gasteiger partial charge on any atom is 0.124 e. The Bertz CT molecular complexity index is 363. The molecular weight excluding hydrogens is 150 g/mol. The van der Waals surface area contributed by atoms with Crippen LogP contribution in [0.4, 0.5) is 0 Å². The molecule has 2 heteroatoms. The minimum Gasteiger partial charge on any atom is -0.493 e. The van der Waals surface area contributed by atoms with Crippen molar-refractivity contribution in [3.05, 3.63) is 28.8 Å². The minimum absolute atomic E-state index is 0.688. The standard InChI is InChI=1S/C10H9NO/c1-7-4-8(6-11)5-10-9(7)2-3-12-10/h4-5H,2-3H2,1H3. The summed E-state index contributed by atoms with van der Waals surface area (Å²) in [4.78, 5) is 0. The van der Waals surface area contributed by atoms with Gasteiger partial charge in [0.15, 0.2) is 0 Å². The zero-order valence-corrected chi connectivity index (χ0v) is 6.92. The Hall–Kier alpha value is -1.49. The lowest BCUT2D eigenvalue weighted by Gasteiger charge is -2.01. The van der Waals surface area contributed by atoms with Gasteiger partial charge in [0, 0.05) is 12.0 Å². The molecule has 0 amide bonds. The first-order valence-electron chi connectivity index (χ1n) is 3.97. The second-order valence-electron chi connectivity index (χ2n) is 2.98. The molecule has 0 aliphatic carbocycles. The van der Waals surface area contributed by atoms with Crippen LogP contribution in [0, 0.1) is 18.3 Å². The normalized spacial score (nSPS) is 13.3. The number of ether oxygens (including phenoxy) is 1. The van der Waals surface area contributed by atoms with Crippen molar-refractivity contribution in [2.24, 2.45) is 0 Å². The fraction of sp³-hybridized carbons (Fsp3) is 0.300. The Labute approximate surface area is 71.4 Å². The lowest BCUT2D eigenvalue weighted by molar-refractivity contribution is 0.356. The number of nitrogens with zero attached hydrogens (tertiary/aromatic N) is 1. The summed E-state index contributed by atoms with van der Waals surface area (Å²) in [5, 5.41) is 8.69. The number of hydrogen-bond donors (Lipinski definition) is 0. The van der Waals surface area contributed by atoms with E-state index in [2.05, 4.69) is 6.07 Å². The Morgan fingerprint density at radius 2 is 2.33 bits per heavy atom. The van der Waals surface area contributed by atoms with Crippen molar-refractivity contribution in [1.82, 2.24) is 0 Å². The van der Waals surface area contributed by atoms with Crippen LogP contribution < -0.4 is 4.74 Å². The van der Waals surface area contributed by atoms with Crippen molar-refractivity contribution < 1.29 is 4.74 Å². The van der Waals surface area contributed by atoms with Crippen molar-refractivity contribution in [3.8, 4) is 11.8 Å². The molecule has 0 unspecified atom stereocenters. The van der Waals surface area contributed by atoms with Crippen LogP contribution in [-0.2, 0) is 6.42 Å². The molecule has 1 aliphatic heterocycles. The average molecular weight is 159 g/mol. The van der Waals surface area contributed by atoms with Crippen molar-refractivity contribution in [2.45, 2.75) is 13.3 Å². The predicted molar refractivity (Wildman–Crippen MR) is 45.1 cm³/mol. The lowest BCUT2D eigenvalue weighted by Crippen LogP contribution is -1.86. The molecule has 60 valence electrons. The van der Waals surface area contributed by atoms with Gasteiger partial charge in [-0.2, -0.15) is 5.26 Å². The first kappa shape index (κ1) is 7.17. The molecule has 0 radical (unpaired) electrons. The smallest absolute Gasteiger partial charge is 0.124 e. The first-order valence-corrected chi connectivity index (χ1v) is 3.97. The molecule has 1 aliphatic rings. The molecule has 1 heterocycles. The summed E-state index contributed by atoms with van der Waals surface area (Å²) in [6, 6.07) is 5.84. The molecule has 12 heavy (non-hydrogen) atoms. The van der Waals surface area contributed by atoms with Gasteiger partial charge in [-0.15, -0.1) is 0 Å². The molecule has 0 fully saturated rings. The predicted octanol–water partition coefficient (Wildman–Crippen LogP) is 1.80. The summed E-state index contributed by atoms with van der Waals surface area (Å²) in [6.07, 6.45) is 0.979. The van der Waals surface area contributed by atoms with Crippen molar-refractivity contribution in [2.75, 3.05) is 6.61 Å². The Morgan fingerprint density at radius 1 is 1.50 bits per heavy atom. The Balaban J connectivity index is 2.60. The molecule has 0 saturated heterocycles. The number of fused-ring (bicyclic) bond motifs is 1. The van der Waals surface area contributed by atoms with Gasteiger partial charge in [-0.1, -0.05) is 0 Å². The zero-order chi connectivity index (χ0) is 8.55. The Morgan fingerprint density at radius 3 is 3.08 bits per heavy atom. The first-order chi connectivity index (χ1) is 5.81. The van der Waals surface area contributed by atoms with Gasteiger partial charge in [-0.25, -0.2) is 0 Å². The van der Waals surface area contributed by atoms with Crippen LogP contribution in [0.15, 0.2) is 12.1 Å². The molecule has 1 aromatic carbocycles. The second-order valence-corrected chi connectivity index (χ2v) is 2.98. The van der Waals surface area contributed by atoms with Gasteiger partial charge in [0.1, 0.15) is 5.75 Å². The summed E-state index contributed by atoms with van der Waals surface area (Å²) >= 11 is 0. The summed E-state index contributed by atoms with van der Waals surface area (Å²) in [5.74, 6) is 0.895. The molecule has 0 spiro atoms. The van der Waals surface area contributed by atoms with Crippen LogP contribution in [0.5, 0.6) is 5.75 Å². The van der Waals surface area contributed by atoms with Crippen LogP contribution in [0.3, 0.4) is 0 Å². The number of nitriles is 1. The number of rotatable bonds is 0. The highest BCUT2D eigenvalue weighted by atomic mass is 16.5. The van der Waals surface area contributed by atoms with E-state index in [1.54, 1.807) is 0 Å². The fourth-order valence-electron chi connectivity index (χ4n) is 1.56. The number of hydrogen-bond acceptors (Lipinski definition) is 2. The van der Waals surface area contributed by atoms with Crippen LogP contribution in [0.1, 0.15) is 16.7 Å². The van der Waals surface area contributed by atoms with Gasteiger partial charge in [-0.05, 0) is 24.6 Å². The van der Waals surface area contributed by atoms with E-state index in [1.807, 2.05) is 19.1 Å². The van der Waals surface area contributed by atoms with Crippen LogP contribution in [0.25, 0.3) is 0 Å². The summed E-state index contributed by atoms with van der Waals surface area (Å²) in [5.41, 5.74) is 3.11. The van der Waals surface area contributed by atoms with E-state index in [1.165, 1.54) is 11.1 Å². The molecule has 2 nitrogen and oxygen atoms in total. The molecule has 0 aromatic heterocycles. The lowest BCUT2D eigenvalue weighted by atomic mass is 10.0. The van der Waals surface area contributed by atoms with Gasteiger partial charge in [-0.3, -0.25) is 0 Å². The molecule has 0 atom stereocenters. The van der Waals surface area contributed by atoms with E-state index in [0.29, 0.717) is 5.56 Å². The maximum atomic E-state index is 8.69. The van der Waals surface area contributed by atoms with Gasteiger partial charge in [0.05, 0.1) is 18.2 Å². The van der Waals surface area contributed by atoms with E-state index in [4.69, 9.17) is 10.00 Å². The topological polar surface area (TPSA) is 33.0 Å². The summed E-state index contributed by atoms with van der Waals surface area (Å²) in [6.45, 7) is 2.78. The molecular formula is C10H9NO. The van der Waals surface area contributed by atoms with E-state index in [9.17, 15) is 0 Å². The van der Waals surface area contributed by atoms with E-state index in [0.717, 1.165) is 18.8 Å². The zero-order valence-electron chi connectivity index (χ0n) is 6.92. The van der Waals surface area contributed by atoms with E-state index >= 15 is 0 Å². The molecule has 1 aromatic rings. The highest BCUT2D eigenvalue weighted by molar-refractivity contribution is 5.48. The highest BCUT2D eigenvalue weighted by Crippen LogP contribution is 2.29. The summed E-state index contributed by atoms with van der Waals surface area (Å²) < 4.78 is 5.37. The number of benzene rings is 1. The third-order valence-corrected chi connectivity index (χ3v) is 2.17. The third kappa shape index (κ3) is 0.947. The Kier molecular flexibility index (Phi) is 1.51. The van der Waals surface area contributed by atoms with Crippen molar-refractivity contribution in [1.29, 1.82) is 5.26 Å². The van der Waals surface area contributed by atoms with Gasteiger partial charge in [0.2, 0.25) is 0 Å². The molecule has 0 saturated carbocycles. The van der Waals surface area contributed by atoms with Crippen LogP contribution in [-0.4, -0.2) is 6.61 Å². The van der Waals surface area contributed by atoms with E-state index < -0.39 is 0 Å². The van der Waals surface area contributed by atoms with Gasteiger partial charge < -0.3 is 4.74 Å². The maximum absolute atomic E-state index is 8.69. The van der Waals surface area contributed by atoms with Crippen LogP contribution in [0.2, 0.25) is 0 Å². The fourth-order valence-corrected chi connectivity index (χ4v) is 1.56.